The van der Waals surface area contributed by atoms with E-state index in [1.807, 2.05) is 17.0 Å². The molecule has 41 heavy (non-hydrogen) atoms. The van der Waals surface area contributed by atoms with Crippen LogP contribution in [0.15, 0.2) is 53.5 Å². The van der Waals surface area contributed by atoms with Gasteiger partial charge >= 0.3 is 5.97 Å². The van der Waals surface area contributed by atoms with Crippen molar-refractivity contribution in [3.63, 3.8) is 0 Å². The standard InChI is InChI=1S/C33H42FN3O4/c1-5-22-13-18-33(19-14-22)36-29(25-7-6-8-26(34)21-25)31(41)37(33)27(15-17-32(2,3)4)23-9-11-24(12-10-23)30(40)35-20-16-28(38)39/h6-12,21-22,27H,5,13-20H2,1-4H3,(H,35,40)(H,38,39)/t22?,27-,33?/m1/s1. The third-order valence-corrected chi connectivity index (χ3v) is 8.43. The maximum atomic E-state index is 14.3. The molecule has 1 heterocycles. The minimum Gasteiger partial charge on any atom is -0.481 e. The van der Waals surface area contributed by atoms with Crippen molar-refractivity contribution < 1.29 is 23.9 Å². The minimum atomic E-state index is -0.973. The Labute approximate surface area is 242 Å². The lowest BCUT2D eigenvalue weighted by Gasteiger charge is -2.45. The quantitative estimate of drug-likeness (QED) is 0.344. The number of nitrogens with one attached hydrogen (secondary N) is 1. The molecule has 2 aliphatic rings. The van der Waals surface area contributed by atoms with Crippen LogP contribution in [0, 0.1) is 17.2 Å². The van der Waals surface area contributed by atoms with Gasteiger partial charge in [-0.25, -0.2) is 4.39 Å². The van der Waals surface area contributed by atoms with E-state index in [9.17, 15) is 18.8 Å². The van der Waals surface area contributed by atoms with Gasteiger partial charge in [-0.05, 0) is 79.7 Å². The van der Waals surface area contributed by atoms with Crippen molar-refractivity contribution in [2.75, 3.05) is 6.54 Å². The number of carbonyl (C=O) groups is 3. The summed E-state index contributed by atoms with van der Waals surface area (Å²) in [6.45, 7) is 8.78. The molecule has 220 valence electrons. The Hall–Kier alpha value is -3.55. The van der Waals surface area contributed by atoms with Crippen LogP contribution in [0.1, 0.15) is 107 Å². The molecule has 1 aliphatic carbocycles. The second-order valence-corrected chi connectivity index (χ2v) is 12.6. The molecule has 4 rings (SSSR count). The average molecular weight is 564 g/mol. The van der Waals surface area contributed by atoms with E-state index in [4.69, 9.17) is 10.1 Å². The second kappa shape index (κ2) is 12.5. The minimum absolute atomic E-state index is 0.0320. The normalized spacial score (nSPS) is 21.6. The molecule has 1 saturated carbocycles. The molecule has 1 atom stereocenters. The lowest BCUT2D eigenvalue weighted by atomic mass is 9.78. The molecule has 0 unspecified atom stereocenters. The summed E-state index contributed by atoms with van der Waals surface area (Å²) in [5, 5.41) is 11.5. The van der Waals surface area contributed by atoms with Crippen LogP contribution in [0.5, 0.6) is 0 Å². The zero-order chi connectivity index (χ0) is 29.8. The van der Waals surface area contributed by atoms with E-state index in [0.29, 0.717) is 29.2 Å². The number of aliphatic imine (C=N–C) groups is 1. The van der Waals surface area contributed by atoms with Crippen molar-refractivity contribution in [3.8, 4) is 0 Å². The Kier molecular flexibility index (Phi) is 9.30. The Morgan fingerprint density at radius 3 is 2.41 bits per heavy atom. The van der Waals surface area contributed by atoms with Crippen LogP contribution in [0.3, 0.4) is 0 Å². The van der Waals surface area contributed by atoms with Crippen molar-refractivity contribution in [1.29, 1.82) is 0 Å². The van der Waals surface area contributed by atoms with E-state index in [1.165, 1.54) is 12.1 Å². The first-order chi connectivity index (χ1) is 19.4. The van der Waals surface area contributed by atoms with Gasteiger partial charge in [-0.2, -0.15) is 0 Å². The number of benzene rings is 2. The van der Waals surface area contributed by atoms with Crippen LogP contribution in [0.25, 0.3) is 0 Å². The van der Waals surface area contributed by atoms with E-state index in [0.717, 1.165) is 44.1 Å². The van der Waals surface area contributed by atoms with Gasteiger partial charge in [0.05, 0.1) is 12.5 Å². The maximum absolute atomic E-state index is 14.3. The second-order valence-electron chi connectivity index (χ2n) is 12.6. The summed E-state index contributed by atoms with van der Waals surface area (Å²) in [6, 6.07) is 13.1. The van der Waals surface area contributed by atoms with Crippen molar-refractivity contribution >= 4 is 23.5 Å². The first kappa shape index (κ1) is 30.4. The van der Waals surface area contributed by atoms with E-state index < -0.39 is 17.4 Å². The summed E-state index contributed by atoms with van der Waals surface area (Å²) in [6.07, 6.45) is 5.98. The molecule has 0 radical (unpaired) electrons. The number of rotatable bonds is 10. The number of aliphatic carboxylic acids is 1. The molecule has 1 fully saturated rings. The summed E-state index contributed by atoms with van der Waals surface area (Å²) in [4.78, 5) is 44.8. The van der Waals surface area contributed by atoms with Gasteiger partial charge in [0.15, 0.2) is 0 Å². The number of halogens is 1. The Morgan fingerprint density at radius 1 is 1.15 bits per heavy atom. The molecule has 1 aliphatic heterocycles. The summed E-state index contributed by atoms with van der Waals surface area (Å²) >= 11 is 0. The van der Waals surface area contributed by atoms with Gasteiger partial charge in [0.1, 0.15) is 17.2 Å². The summed E-state index contributed by atoms with van der Waals surface area (Å²) in [7, 11) is 0. The topological polar surface area (TPSA) is 99.1 Å². The van der Waals surface area contributed by atoms with E-state index in [2.05, 4.69) is 33.0 Å². The smallest absolute Gasteiger partial charge is 0.305 e. The van der Waals surface area contributed by atoms with Gasteiger partial charge in [-0.3, -0.25) is 19.4 Å². The predicted molar refractivity (Wildman–Crippen MR) is 157 cm³/mol. The highest BCUT2D eigenvalue weighted by molar-refractivity contribution is 6.46. The fraction of sp³-hybridized carbons (Fsp3) is 0.515. The van der Waals surface area contributed by atoms with Crippen molar-refractivity contribution in [1.82, 2.24) is 10.2 Å². The molecule has 0 bridgehead atoms. The Balaban J connectivity index is 1.70. The molecule has 0 aromatic heterocycles. The summed E-state index contributed by atoms with van der Waals surface area (Å²) in [5.74, 6) is -1.30. The third-order valence-electron chi connectivity index (χ3n) is 8.43. The SMILES string of the molecule is CCC1CCC2(CC1)N=C(c1cccc(F)c1)C(=O)N2[C@H](CCC(C)(C)C)c1ccc(C(=O)NCCC(=O)O)cc1. The Morgan fingerprint density at radius 2 is 1.83 bits per heavy atom. The van der Waals surface area contributed by atoms with Crippen LogP contribution >= 0.6 is 0 Å². The van der Waals surface area contributed by atoms with Crippen LogP contribution in [0.2, 0.25) is 0 Å². The van der Waals surface area contributed by atoms with Crippen LogP contribution < -0.4 is 5.32 Å². The number of amides is 2. The summed E-state index contributed by atoms with van der Waals surface area (Å²) < 4.78 is 14.2. The molecule has 0 saturated heterocycles. The highest BCUT2D eigenvalue weighted by Crippen LogP contribution is 2.48. The first-order valence-electron chi connectivity index (χ1n) is 14.7. The zero-order valence-electron chi connectivity index (χ0n) is 24.6. The van der Waals surface area contributed by atoms with Crippen LogP contribution in [-0.2, 0) is 9.59 Å². The lowest BCUT2D eigenvalue weighted by molar-refractivity contribution is -0.137. The van der Waals surface area contributed by atoms with Crippen LogP contribution in [-0.4, -0.2) is 45.7 Å². The van der Waals surface area contributed by atoms with Crippen molar-refractivity contribution in [2.45, 2.75) is 90.8 Å². The predicted octanol–water partition coefficient (Wildman–Crippen LogP) is 6.53. The first-order valence-corrected chi connectivity index (χ1v) is 14.7. The van der Waals surface area contributed by atoms with E-state index in [-0.39, 0.29) is 36.2 Å². The lowest BCUT2D eigenvalue weighted by Crippen LogP contribution is -2.51. The number of hydrogen-bond acceptors (Lipinski definition) is 4. The number of carboxylic acids is 1. The van der Waals surface area contributed by atoms with Gasteiger partial charge in [-0.15, -0.1) is 0 Å². The number of nitrogens with zero attached hydrogens (tertiary/aromatic N) is 2. The molecular weight excluding hydrogens is 521 g/mol. The zero-order valence-corrected chi connectivity index (χ0v) is 24.6. The fourth-order valence-electron chi connectivity index (χ4n) is 6.03. The molecule has 8 heteroatoms. The van der Waals surface area contributed by atoms with Gasteiger partial charge in [0, 0.05) is 17.7 Å². The van der Waals surface area contributed by atoms with Gasteiger partial charge < -0.3 is 15.3 Å². The van der Waals surface area contributed by atoms with E-state index >= 15 is 0 Å². The molecule has 2 amide bonds. The number of hydrogen-bond donors (Lipinski definition) is 2. The van der Waals surface area contributed by atoms with Gasteiger partial charge in [0.25, 0.3) is 11.8 Å². The van der Waals surface area contributed by atoms with Crippen LogP contribution in [0.4, 0.5) is 4.39 Å². The molecule has 7 nitrogen and oxygen atoms in total. The molecular formula is C33H42FN3O4. The number of carbonyl (C=O) groups excluding carboxylic acids is 2. The largest absolute Gasteiger partial charge is 0.481 e. The van der Waals surface area contributed by atoms with Crippen molar-refractivity contribution in [2.24, 2.45) is 16.3 Å². The highest BCUT2D eigenvalue weighted by atomic mass is 19.1. The van der Waals surface area contributed by atoms with Gasteiger partial charge in [-0.1, -0.05) is 58.4 Å². The molecule has 1 spiro atoms. The fourth-order valence-corrected chi connectivity index (χ4v) is 6.03. The molecule has 2 aromatic carbocycles. The third kappa shape index (κ3) is 7.21. The Bertz CT molecular complexity index is 1290. The van der Waals surface area contributed by atoms with Gasteiger partial charge in [0.2, 0.25) is 0 Å². The molecule has 2 aromatic rings. The highest BCUT2D eigenvalue weighted by Gasteiger charge is 2.51. The monoisotopic (exact) mass is 563 g/mol. The average Bonchev–Trinajstić information content (AvgIpc) is 3.20. The maximum Gasteiger partial charge on any atom is 0.305 e. The number of carboxylic acid groups (broad SMARTS) is 1. The van der Waals surface area contributed by atoms with Crippen molar-refractivity contribution in [3.05, 3.63) is 71.0 Å². The van der Waals surface area contributed by atoms with E-state index in [1.54, 1.807) is 24.3 Å². The molecule has 2 N–H and O–H groups in total. The summed E-state index contributed by atoms with van der Waals surface area (Å²) in [5.41, 5.74) is 1.49.